The summed E-state index contributed by atoms with van der Waals surface area (Å²) in [5.74, 6) is -2.62. The quantitative estimate of drug-likeness (QED) is 0.250. The van der Waals surface area contributed by atoms with E-state index in [0.717, 1.165) is 0 Å². The second-order valence-electron chi connectivity index (χ2n) is 10.2. The summed E-state index contributed by atoms with van der Waals surface area (Å²) < 4.78 is 53.6. The van der Waals surface area contributed by atoms with Gasteiger partial charge in [0.05, 0.1) is 12.4 Å². The van der Waals surface area contributed by atoms with Gasteiger partial charge in [-0.1, -0.05) is 25.1 Å². The minimum absolute atomic E-state index is 0.0358. The van der Waals surface area contributed by atoms with Gasteiger partial charge in [-0.05, 0) is 32.9 Å². The molecule has 0 aliphatic carbocycles. The first-order chi connectivity index (χ1) is 18.8. The summed E-state index contributed by atoms with van der Waals surface area (Å²) in [5, 5.41) is 2.55. The van der Waals surface area contributed by atoms with Crippen LogP contribution in [0.1, 0.15) is 40.3 Å². The average Bonchev–Trinajstić information content (AvgIpc) is 3.42. The average molecular weight is 580 g/mol. The van der Waals surface area contributed by atoms with E-state index in [1.165, 1.54) is 13.3 Å². The summed E-state index contributed by atoms with van der Waals surface area (Å²) in [7, 11) is -0.690. The molecule has 5 atom stereocenters. The molecule has 1 aliphatic rings. The van der Waals surface area contributed by atoms with Crippen molar-refractivity contribution < 1.29 is 32.3 Å². The van der Waals surface area contributed by atoms with Gasteiger partial charge in [0.1, 0.15) is 24.6 Å². The molecule has 15 heteroatoms. The topological polar surface area (TPSA) is 156 Å². The van der Waals surface area contributed by atoms with Gasteiger partial charge in [0, 0.05) is 26.4 Å². The number of nitrogens with zero attached hydrogens (tertiary/aromatic N) is 5. The Bertz CT molecular complexity index is 1390. The number of imidazole rings is 1. The van der Waals surface area contributed by atoms with Crippen LogP contribution in [0.5, 0.6) is 5.75 Å². The van der Waals surface area contributed by atoms with Crippen LogP contribution in [-0.4, -0.2) is 64.2 Å². The number of alkyl halides is 1. The van der Waals surface area contributed by atoms with Gasteiger partial charge >= 0.3 is 13.7 Å². The highest BCUT2D eigenvalue weighted by atomic mass is 31.2. The van der Waals surface area contributed by atoms with Crippen LogP contribution in [0.3, 0.4) is 0 Å². The number of hydrogen-bond acceptors (Lipinski definition) is 11. The lowest BCUT2D eigenvalue weighted by Gasteiger charge is -2.26. The Labute approximate surface area is 231 Å². The van der Waals surface area contributed by atoms with Gasteiger partial charge in [-0.15, -0.1) is 0 Å². The van der Waals surface area contributed by atoms with E-state index >= 15 is 4.39 Å². The monoisotopic (exact) mass is 579 g/mol. The molecular formula is C25H35FN7O6P. The standard InChI is InChI=1S/C25H35FN7O6P/c1-15(2)37-23(34)17(4)31-40(35,39-18-10-8-7-9-11-18)36-13-25(26)12-16(3)22(38-25)33-14-28-19-20(32(5)6)29-24(27)30-21(19)33/h7-11,14-17,22H,12-13H2,1-6H3,(H,31,35)(H2,27,29,30)/t16-,17-,22+,25-,40-/m0/s1. The number of rotatable bonds is 11. The molecule has 0 saturated carbocycles. The third kappa shape index (κ3) is 6.69. The largest absolute Gasteiger partial charge is 0.462 e. The molecule has 0 amide bonds. The van der Waals surface area contributed by atoms with E-state index in [1.807, 2.05) is 0 Å². The van der Waals surface area contributed by atoms with Crippen LogP contribution >= 0.6 is 7.75 Å². The molecule has 0 radical (unpaired) electrons. The predicted octanol–water partition coefficient (Wildman–Crippen LogP) is 3.83. The second kappa shape index (κ2) is 11.7. The van der Waals surface area contributed by atoms with Crippen LogP contribution in [0.25, 0.3) is 11.2 Å². The minimum atomic E-state index is -4.29. The van der Waals surface area contributed by atoms with Crippen molar-refractivity contribution in [1.29, 1.82) is 0 Å². The number of carbonyl (C=O) groups excluding carboxylic acids is 1. The van der Waals surface area contributed by atoms with Gasteiger partial charge in [-0.2, -0.15) is 15.1 Å². The molecule has 13 nitrogen and oxygen atoms in total. The van der Waals surface area contributed by atoms with Crippen molar-refractivity contribution in [3.8, 4) is 5.75 Å². The summed E-state index contributed by atoms with van der Waals surface area (Å²) >= 11 is 0. The number of fused-ring (bicyclic) bond motifs is 1. The molecule has 3 N–H and O–H groups in total. The number of carbonyl (C=O) groups is 1. The van der Waals surface area contributed by atoms with Gasteiger partial charge in [-0.25, -0.2) is 13.9 Å². The summed E-state index contributed by atoms with van der Waals surface area (Å²) in [5.41, 5.74) is 6.78. The van der Waals surface area contributed by atoms with Gasteiger partial charge in [0.2, 0.25) is 11.8 Å². The third-order valence-corrected chi connectivity index (χ3v) is 7.66. The molecule has 0 spiro atoms. The Morgan fingerprint density at radius 1 is 1.30 bits per heavy atom. The number of ether oxygens (including phenoxy) is 2. The molecule has 1 aliphatic heterocycles. The molecule has 3 aromatic rings. The first-order valence-electron chi connectivity index (χ1n) is 12.8. The normalized spacial score (nSPS) is 23.2. The van der Waals surface area contributed by atoms with Gasteiger partial charge in [0.15, 0.2) is 17.0 Å². The second-order valence-corrected chi connectivity index (χ2v) is 11.9. The van der Waals surface area contributed by atoms with Crippen molar-refractivity contribution in [2.75, 3.05) is 31.3 Å². The number of aromatic nitrogens is 4. The van der Waals surface area contributed by atoms with Crippen molar-refractivity contribution in [2.24, 2.45) is 5.92 Å². The highest BCUT2D eigenvalue weighted by Crippen LogP contribution is 2.49. The number of nitrogens with one attached hydrogen (secondary N) is 1. The Kier molecular flexibility index (Phi) is 8.64. The van der Waals surface area contributed by atoms with Crippen LogP contribution < -0.4 is 20.2 Å². The van der Waals surface area contributed by atoms with Crippen molar-refractivity contribution in [1.82, 2.24) is 24.6 Å². The summed E-state index contributed by atoms with van der Waals surface area (Å²) in [6.07, 6.45) is 0.201. The highest BCUT2D eigenvalue weighted by molar-refractivity contribution is 7.52. The molecule has 2 aromatic heterocycles. The number of para-hydroxylation sites is 1. The van der Waals surface area contributed by atoms with E-state index < -0.39 is 38.4 Å². The number of nitrogen functional groups attached to an aromatic ring is 1. The van der Waals surface area contributed by atoms with Gasteiger partial charge in [0.25, 0.3) is 0 Å². The maximum absolute atomic E-state index is 16.1. The fourth-order valence-electron chi connectivity index (χ4n) is 4.32. The van der Waals surface area contributed by atoms with E-state index in [1.54, 1.807) is 74.7 Å². The Hall–Kier alpha value is -3.32. The number of hydrogen-bond donors (Lipinski definition) is 2. The Morgan fingerprint density at radius 3 is 2.65 bits per heavy atom. The van der Waals surface area contributed by atoms with Crippen LogP contribution in [0.4, 0.5) is 16.2 Å². The zero-order chi connectivity index (χ0) is 29.2. The molecule has 4 rings (SSSR count). The van der Waals surface area contributed by atoms with Crippen LogP contribution in [0, 0.1) is 5.92 Å². The smallest absolute Gasteiger partial charge is 0.459 e. The molecule has 0 unspecified atom stereocenters. The van der Waals surface area contributed by atoms with Gasteiger partial charge < -0.3 is 24.6 Å². The Balaban J connectivity index is 1.54. The fraction of sp³-hybridized carbons (Fsp3) is 0.520. The van der Waals surface area contributed by atoms with E-state index in [0.29, 0.717) is 17.0 Å². The lowest BCUT2D eigenvalue weighted by Crippen LogP contribution is -2.37. The van der Waals surface area contributed by atoms with E-state index in [2.05, 4.69) is 20.0 Å². The first-order valence-corrected chi connectivity index (χ1v) is 14.3. The van der Waals surface area contributed by atoms with E-state index in [-0.39, 0.29) is 30.1 Å². The fourth-order valence-corrected chi connectivity index (χ4v) is 5.84. The van der Waals surface area contributed by atoms with E-state index in [9.17, 15) is 9.36 Å². The molecule has 1 fully saturated rings. The maximum atomic E-state index is 16.1. The number of halogens is 1. The molecule has 40 heavy (non-hydrogen) atoms. The maximum Gasteiger partial charge on any atom is 0.459 e. The molecular weight excluding hydrogens is 544 g/mol. The molecule has 1 aromatic carbocycles. The Morgan fingerprint density at radius 2 is 2.00 bits per heavy atom. The summed E-state index contributed by atoms with van der Waals surface area (Å²) in [6.45, 7) is 5.88. The number of benzene rings is 1. The van der Waals surface area contributed by atoms with E-state index in [4.69, 9.17) is 24.3 Å². The molecule has 0 bridgehead atoms. The zero-order valence-electron chi connectivity index (χ0n) is 23.3. The summed E-state index contributed by atoms with van der Waals surface area (Å²) in [4.78, 5) is 27.0. The first kappa shape index (κ1) is 29.7. The summed E-state index contributed by atoms with van der Waals surface area (Å²) in [6, 6.07) is 7.14. The predicted molar refractivity (Wildman–Crippen MR) is 146 cm³/mol. The molecule has 1 saturated heterocycles. The SMILES string of the molecule is CC(C)OC(=O)[C@H](C)N[P@](=O)(OC[C@]1(F)C[C@H](C)[C@H](n2cnc3c(N(C)C)nc(N)nc32)O1)Oc1ccccc1. The minimum Gasteiger partial charge on any atom is -0.462 e. The lowest BCUT2D eigenvalue weighted by molar-refractivity contribution is -0.173. The lowest BCUT2D eigenvalue weighted by atomic mass is 10.1. The number of esters is 1. The van der Waals surface area contributed by atoms with Crippen molar-refractivity contribution in [2.45, 2.75) is 58.3 Å². The van der Waals surface area contributed by atoms with Crippen molar-refractivity contribution in [3.63, 3.8) is 0 Å². The van der Waals surface area contributed by atoms with Crippen molar-refractivity contribution in [3.05, 3.63) is 36.7 Å². The van der Waals surface area contributed by atoms with Crippen LogP contribution in [-0.2, 0) is 23.4 Å². The number of anilines is 2. The molecule has 3 heterocycles. The van der Waals surface area contributed by atoms with Crippen LogP contribution in [0.2, 0.25) is 0 Å². The molecule has 218 valence electrons. The highest BCUT2D eigenvalue weighted by Gasteiger charge is 2.49. The van der Waals surface area contributed by atoms with Crippen LogP contribution in [0.15, 0.2) is 36.7 Å². The van der Waals surface area contributed by atoms with Crippen molar-refractivity contribution >= 4 is 36.6 Å². The third-order valence-electron chi connectivity index (χ3n) is 6.04. The number of nitrogens with two attached hydrogens (primary N) is 1. The van der Waals surface area contributed by atoms with Gasteiger partial charge in [-0.3, -0.25) is 13.9 Å². The zero-order valence-corrected chi connectivity index (χ0v) is 24.2.